The Morgan fingerprint density at radius 3 is 2.43 bits per heavy atom. The zero-order valence-electron chi connectivity index (χ0n) is 11.8. The minimum Gasteiger partial charge on any atom is -0.481 e. The maximum Gasteiger partial charge on any atom is 0.387 e. The number of hydrogen-bond acceptors (Lipinski definition) is 4. The quantitative estimate of drug-likeness (QED) is 0.861. The molecular formula is C13H14ClF2NO5S. The molecule has 6 nitrogen and oxygen atoms in total. The maximum absolute atomic E-state index is 12.5. The van der Waals surface area contributed by atoms with Crippen LogP contribution in [0.4, 0.5) is 8.78 Å². The zero-order chi connectivity index (χ0) is 17.2. The van der Waals surface area contributed by atoms with E-state index in [4.69, 9.17) is 16.7 Å². The first-order valence-electron chi connectivity index (χ1n) is 6.69. The van der Waals surface area contributed by atoms with Crippen molar-refractivity contribution in [2.24, 2.45) is 5.92 Å². The van der Waals surface area contributed by atoms with Gasteiger partial charge in [-0.25, -0.2) is 8.42 Å². The van der Waals surface area contributed by atoms with E-state index in [1.165, 1.54) is 0 Å². The molecule has 1 fully saturated rings. The third-order valence-electron chi connectivity index (χ3n) is 3.56. The van der Waals surface area contributed by atoms with Crippen LogP contribution in [0.3, 0.4) is 0 Å². The summed E-state index contributed by atoms with van der Waals surface area (Å²) in [4.78, 5) is 10.7. The van der Waals surface area contributed by atoms with Crippen molar-refractivity contribution in [1.29, 1.82) is 0 Å². The van der Waals surface area contributed by atoms with Gasteiger partial charge in [0.15, 0.2) is 0 Å². The Hall–Kier alpha value is -1.45. The first-order valence-corrected chi connectivity index (χ1v) is 8.51. The molecule has 0 spiro atoms. The average molecular weight is 370 g/mol. The number of carboxylic acids is 1. The lowest BCUT2D eigenvalue weighted by Crippen LogP contribution is -2.40. The van der Waals surface area contributed by atoms with E-state index in [0.29, 0.717) is 0 Å². The fourth-order valence-electron chi connectivity index (χ4n) is 2.33. The number of rotatable bonds is 5. The number of sulfonamides is 1. The number of aliphatic carboxylic acids is 1. The Morgan fingerprint density at radius 2 is 1.96 bits per heavy atom. The van der Waals surface area contributed by atoms with E-state index >= 15 is 0 Å². The van der Waals surface area contributed by atoms with Crippen molar-refractivity contribution >= 4 is 27.6 Å². The second-order valence-electron chi connectivity index (χ2n) is 4.99. The monoisotopic (exact) mass is 369 g/mol. The summed E-state index contributed by atoms with van der Waals surface area (Å²) in [6.07, 6.45) is 0.434. The lowest BCUT2D eigenvalue weighted by atomic mass is 9.99. The van der Waals surface area contributed by atoms with Crippen molar-refractivity contribution in [3.05, 3.63) is 23.2 Å². The fraction of sp³-hybridized carbons (Fsp3) is 0.462. The first-order chi connectivity index (χ1) is 10.7. The molecule has 0 amide bonds. The van der Waals surface area contributed by atoms with Crippen molar-refractivity contribution in [1.82, 2.24) is 4.31 Å². The summed E-state index contributed by atoms with van der Waals surface area (Å²) in [6, 6.07) is 3.23. The summed E-state index contributed by atoms with van der Waals surface area (Å²) in [5.74, 6) is -1.82. The van der Waals surface area contributed by atoms with Crippen LogP contribution < -0.4 is 4.74 Å². The van der Waals surface area contributed by atoms with Crippen LogP contribution in [0.25, 0.3) is 0 Å². The second-order valence-corrected chi connectivity index (χ2v) is 7.33. The van der Waals surface area contributed by atoms with Gasteiger partial charge in [-0.2, -0.15) is 13.1 Å². The molecule has 1 heterocycles. The van der Waals surface area contributed by atoms with Gasteiger partial charge in [-0.3, -0.25) is 4.79 Å². The molecule has 10 heteroatoms. The third kappa shape index (κ3) is 4.10. The van der Waals surface area contributed by atoms with E-state index in [0.717, 1.165) is 22.5 Å². The van der Waals surface area contributed by atoms with Gasteiger partial charge < -0.3 is 9.84 Å². The van der Waals surface area contributed by atoms with Gasteiger partial charge in [-0.15, -0.1) is 0 Å². The highest BCUT2D eigenvalue weighted by molar-refractivity contribution is 7.89. The van der Waals surface area contributed by atoms with Gasteiger partial charge in [0.25, 0.3) is 0 Å². The Bertz CT molecular complexity index is 690. The Kier molecular flexibility index (Phi) is 5.43. The molecular weight excluding hydrogens is 356 g/mol. The molecule has 1 N–H and O–H groups in total. The zero-order valence-corrected chi connectivity index (χ0v) is 13.4. The minimum absolute atomic E-state index is 0.0756. The van der Waals surface area contributed by atoms with Gasteiger partial charge >= 0.3 is 12.6 Å². The van der Waals surface area contributed by atoms with Crippen LogP contribution in [0.1, 0.15) is 12.8 Å². The summed E-state index contributed by atoms with van der Waals surface area (Å²) in [5.41, 5.74) is 0. The van der Waals surface area contributed by atoms with Crippen LogP contribution in [0.5, 0.6) is 5.75 Å². The summed E-state index contributed by atoms with van der Waals surface area (Å²) in [5, 5.41) is 8.68. The number of nitrogens with zero attached hydrogens (tertiary/aromatic N) is 1. The number of piperidine rings is 1. The largest absolute Gasteiger partial charge is 0.481 e. The number of hydrogen-bond donors (Lipinski definition) is 1. The van der Waals surface area contributed by atoms with Gasteiger partial charge in [-0.05, 0) is 31.0 Å². The molecule has 0 aliphatic carbocycles. The van der Waals surface area contributed by atoms with Crippen LogP contribution in [0.15, 0.2) is 23.1 Å². The first kappa shape index (κ1) is 17.9. The van der Waals surface area contributed by atoms with E-state index in [2.05, 4.69) is 4.74 Å². The third-order valence-corrected chi connectivity index (χ3v) is 5.75. The number of benzene rings is 1. The number of alkyl halides is 2. The lowest BCUT2D eigenvalue weighted by molar-refractivity contribution is -0.142. The van der Waals surface area contributed by atoms with Crippen molar-refractivity contribution in [2.45, 2.75) is 24.3 Å². The van der Waals surface area contributed by atoms with Gasteiger partial charge in [0.1, 0.15) is 5.75 Å². The van der Waals surface area contributed by atoms with E-state index in [-0.39, 0.29) is 41.6 Å². The van der Waals surface area contributed by atoms with Crippen molar-refractivity contribution in [3.63, 3.8) is 0 Å². The van der Waals surface area contributed by atoms with Gasteiger partial charge in [0, 0.05) is 13.1 Å². The van der Waals surface area contributed by atoms with E-state index in [1.807, 2.05) is 0 Å². The van der Waals surface area contributed by atoms with Gasteiger partial charge in [0.2, 0.25) is 10.0 Å². The molecule has 23 heavy (non-hydrogen) atoms. The topological polar surface area (TPSA) is 83.9 Å². The van der Waals surface area contributed by atoms with Gasteiger partial charge in [-0.1, -0.05) is 11.6 Å². The molecule has 1 saturated heterocycles. The van der Waals surface area contributed by atoms with Crippen LogP contribution in [0.2, 0.25) is 5.02 Å². The highest BCUT2D eigenvalue weighted by Gasteiger charge is 2.32. The predicted molar refractivity (Wildman–Crippen MR) is 77.2 cm³/mol. The van der Waals surface area contributed by atoms with Crippen molar-refractivity contribution < 1.29 is 31.8 Å². The van der Waals surface area contributed by atoms with Crippen molar-refractivity contribution in [2.75, 3.05) is 13.1 Å². The van der Waals surface area contributed by atoms with Crippen LogP contribution in [0, 0.1) is 5.92 Å². The summed E-state index contributed by atoms with van der Waals surface area (Å²) in [6.45, 7) is -2.91. The van der Waals surface area contributed by atoms with Gasteiger partial charge in [0.05, 0.1) is 15.8 Å². The van der Waals surface area contributed by atoms with E-state index in [1.54, 1.807) is 0 Å². The molecule has 0 unspecified atom stereocenters. The molecule has 0 aromatic heterocycles. The normalized spacial score (nSPS) is 17.4. The average Bonchev–Trinajstić information content (AvgIpc) is 2.49. The van der Waals surface area contributed by atoms with Crippen LogP contribution >= 0.6 is 11.6 Å². The summed E-state index contributed by atoms with van der Waals surface area (Å²) in [7, 11) is -3.87. The Balaban J connectivity index is 2.17. The second kappa shape index (κ2) is 6.98. The number of carbonyl (C=O) groups is 1. The molecule has 0 atom stereocenters. The standard InChI is InChI=1S/C13H14ClF2NO5S/c14-10-7-9(1-2-11(10)22-13(15)16)23(20,21)17-5-3-8(4-6-17)12(18)19/h1-2,7-8,13H,3-6H2,(H,18,19). The summed E-state index contributed by atoms with van der Waals surface area (Å²) < 4.78 is 54.6. The highest BCUT2D eigenvalue weighted by Crippen LogP contribution is 2.31. The smallest absolute Gasteiger partial charge is 0.387 e. The van der Waals surface area contributed by atoms with E-state index in [9.17, 15) is 22.0 Å². The van der Waals surface area contributed by atoms with E-state index < -0.39 is 28.5 Å². The SMILES string of the molecule is O=C(O)C1CCN(S(=O)(=O)c2ccc(OC(F)F)c(Cl)c2)CC1. The predicted octanol–water partition coefficient (Wildman–Crippen LogP) is 2.43. The van der Waals surface area contributed by atoms with Crippen molar-refractivity contribution in [3.8, 4) is 5.75 Å². The molecule has 1 aromatic rings. The number of ether oxygens (including phenoxy) is 1. The molecule has 0 bridgehead atoms. The lowest BCUT2D eigenvalue weighted by Gasteiger charge is -2.29. The molecule has 0 saturated carbocycles. The molecule has 1 aliphatic heterocycles. The summed E-state index contributed by atoms with van der Waals surface area (Å²) >= 11 is 5.76. The Labute approximate surface area is 136 Å². The number of halogens is 3. The maximum atomic E-state index is 12.5. The molecule has 1 aliphatic rings. The van der Waals surface area contributed by atoms with Crippen LogP contribution in [-0.4, -0.2) is 43.5 Å². The molecule has 1 aromatic carbocycles. The molecule has 2 rings (SSSR count). The fourth-order valence-corrected chi connectivity index (χ4v) is 4.11. The Morgan fingerprint density at radius 1 is 1.35 bits per heavy atom. The molecule has 0 radical (unpaired) electrons. The molecule has 128 valence electrons. The van der Waals surface area contributed by atoms with Crippen LogP contribution in [-0.2, 0) is 14.8 Å². The number of carboxylic acid groups (broad SMARTS) is 1. The minimum atomic E-state index is -3.87. The highest BCUT2D eigenvalue weighted by atomic mass is 35.5.